The van der Waals surface area contributed by atoms with E-state index in [9.17, 15) is 22.8 Å². The number of hydrogen-bond donors (Lipinski definition) is 2. The first-order chi connectivity index (χ1) is 9.82. The number of urea groups is 1. The third-order valence-corrected chi connectivity index (χ3v) is 5.41. The smallest absolute Gasteiger partial charge is 0.277 e. The van der Waals surface area contributed by atoms with Gasteiger partial charge in [0.05, 0.1) is 5.75 Å². The summed E-state index contributed by atoms with van der Waals surface area (Å²) in [6.45, 7) is 1.63. The molecule has 0 aromatic carbocycles. The van der Waals surface area contributed by atoms with Gasteiger partial charge in [-0.2, -0.15) is 0 Å². The molecule has 0 bridgehead atoms. The summed E-state index contributed by atoms with van der Waals surface area (Å²) in [5.74, 6) is -1.49. The summed E-state index contributed by atoms with van der Waals surface area (Å²) in [6.07, 6.45) is 2.30. The second-order valence-electron chi connectivity index (χ2n) is 5.32. The highest BCUT2D eigenvalue weighted by molar-refractivity contribution is 7.89. The van der Waals surface area contributed by atoms with E-state index in [-0.39, 0.29) is 18.8 Å². The van der Waals surface area contributed by atoms with Gasteiger partial charge in [0.1, 0.15) is 5.41 Å². The molecule has 2 aliphatic rings. The number of rotatable bonds is 5. The van der Waals surface area contributed by atoms with Gasteiger partial charge in [-0.25, -0.2) is 17.9 Å². The molecule has 1 aliphatic heterocycles. The van der Waals surface area contributed by atoms with Crippen LogP contribution in [0, 0.1) is 5.41 Å². The number of amides is 4. The highest BCUT2D eigenvalue weighted by Gasteiger charge is 2.54. The number of carbonyl (C=O) groups is 3. The minimum Gasteiger partial charge on any atom is -0.277 e. The summed E-state index contributed by atoms with van der Waals surface area (Å²) in [5, 5.41) is 2.17. The minimum atomic E-state index is -3.54. The van der Waals surface area contributed by atoms with Gasteiger partial charge in [0.2, 0.25) is 21.8 Å². The van der Waals surface area contributed by atoms with Gasteiger partial charge in [-0.3, -0.25) is 19.8 Å². The van der Waals surface area contributed by atoms with Crippen molar-refractivity contribution in [1.82, 2.24) is 14.9 Å². The molecule has 0 aromatic rings. The number of nitrogens with zero attached hydrogens (tertiary/aromatic N) is 1. The predicted octanol–water partition coefficient (Wildman–Crippen LogP) is -0.435. The summed E-state index contributed by atoms with van der Waals surface area (Å²) in [7, 11) is -3.54. The maximum atomic E-state index is 12.5. The standard InChI is InChI=1S/C12H19N3O5S/c1-2-13-21(19,20)8-7-15-10(17)12(5-3-4-6-12)9(16)14-11(15)18/h13H,2-8H2,1H3,(H,14,16,18). The van der Waals surface area contributed by atoms with E-state index in [2.05, 4.69) is 10.0 Å². The third kappa shape index (κ3) is 2.93. The molecule has 2 fully saturated rings. The number of imide groups is 2. The Bertz CT molecular complexity index is 565. The first-order valence-electron chi connectivity index (χ1n) is 6.97. The molecule has 118 valence electrons. The fourth-order valence-corrected chi connectivity index (χ4v) is 3.87. The van der Waals surface area contributed by atoms with Crippen molar-refractivity contribution in [3.63, 3.8) is 0 Å². The van der Waals surface area contributed by atoms with Crippen LogP contribution in [-0.4, -0.2) is 50.0 Å². The van der Waals surface area contributed by atoms with Crippen LogP contribution in [0.15, 0.2) is 0 Å². The van der Waals surface area contributed by atoms with Gasteiger partial charge in [0.15, 0.2) is 0 Å². The minimum absolute atomic E-state index is 0.241. The Hall–Kier alpha value is -1.48. The molecular weight excluding hydrogens is 298 g/mol. The van der Waals surface area contributed by atoms with Crippen LogP contribution >= 0.6 is 0 Å². The summed E-state index contributed by atoms with van der Waals surface area (Å²) >= 11 is 0. The normalized spacial score (nSPS) is 22.0. The Balaban J connectivity index is 2.13. The molecule has 0 aromatic heterocycles. The van der Waals surface area contributed by atoms with Crippen LogP contribution in [0.3, 0.4) is 0 Å². The van der Waals surface area contributed by atoms with E-state index < -0.39 is 33.3 Å². The van der Waals surface area contributed by atoms with Crippen molar-refractivity contribution < 1.29 is 22.8 Å². The molecule has 1 heterocycles. The number of hydrogen-bond acceptors (Lipinski definition) is 5. The fourth-order valence-electron chi connectivity index (χ4n) is 2.86. The average Bonchev–Trinajstić information content (AvgIpc) is 2.87. The van der Waals surface area contributed by atoms with Gasteiger partial charge in [-0.15, -0.1) is 0 Å². The second-order valence-corrected chi connectivity index (χ2v) is 7.25. The van der Waals surface area contributed by atoms with E-state index >= 15 is 0 Å². The zero-order valence-electron chi connectivity index (χ0n) is 11.8. The predicted molar refractivity (Wildman–Crippen MR) is 73.6 cm³/mol. The molecule has 1 aliphatic carbocycles. The number of sulfonamides is 1. The van der Waals surface area contributed by atoms with Crippen LogP contribution in [0.5, 0.6) is 0 Å². The first kappa shape index (κ1) is 15.9. The van der Waals surface area contributed by atoms with Crippen molar-refractivity contribution in [2.45, 2.75) is 32.6 Å². The lowest BCUT2D eigenvalue weighted by molar-refractivity contribution is -0.150. The van der Waals surface area contributed by atoms with Crippen molar-refractivity contribution in [3.8, 4) is 0 Å². The van der Waals surface area contributed by atoms with Gasteiger partial charge < -0.3 is 0 Å². The zero-order chi connectivity index (χ0) is 15.7. The van der Waals surface area contributed by atoms with Crippen LogP contribution in [0.1, 0.15) is 32.6 Å². The topological polar surface area (TPSA) is 113 Å². The van der Waals surface area contributed by atoms with Crippen molar-refractivity contribution in [1.29, 1.82) is 0 Å². The van der Waals surface area contributed by atoms with Crippen LogP contribution in [0.4, 0.5) is 4.79 Å². The third-order valence-electron chi connectivity index (χ3n) is 3.96. The molecule has 8 nitrogen and oxygen atoms in total. The lowest BCUT2D eigenvalue weighted by atomic mass is 9.82. The summed E-state index contributed by atoms with van der Waals surface area (Å²) < 4.78 is 25.5. The molecule has 21 heavy (non-hydrogen) atoms. The highest BCUT2D eigenvalue weighted by atomic mass is 32.2. The van der Waals surface area contributed by atoms with Gasteiger partial charge >= 0.3 is 6.03 Å². The first-order valence-corrected chi connectivity index (χ1v) is 8.62. The molecule has 1 saturated heterocycles. The maximum absolute atomic E-state index is 12.5. The fraction of sp³-hybridized carbons (Fsp3) is 0.750. The monoisotopic (exact) mass is 317 g/mol. The van der Waals surface area contributed by atoms with E-state index in [4.69, 9.17) is 0 Å². The Kier molecular flexibility index (Phi) is 4.33. The van der Waals surface area contributed by atoms with Crippen LogP contribution in [-0.2, 0) is 19.6 Å². The van der Waals surface area contributed by atoms with E-state index in [0.717, 1.165) is 17.7 Å². The SMILES string of the molecule is CCNS(=O)(=O)CCN1C(=O)NC(=O)C2(CCCC2)C1=O. The molecule has 4 amide bonds. The maximum Gasteiger partial charge on any atom is 0.330 e. The molecule has 1 saturated carbocycles. The van der Waals surface area contributed by atoms with E-state index in [1.807, 2.05) is 0 Å². The average molecular weight is 317 g/mol. The Morgan fingerprint density at radius 1 is 1.24 bits per heavy atom. The highest BCUT2D eigenvalue weighted by Crippen LogP contribution is 2.41. The zero-order valence-corrected chi connectivity index (χ0v) is 12.7. The van der Waals surface area contributed by atoms with Gasteiger partial charge in [-0.05, 0) is 12.8 Å². The number of barbiturate groups is 1. The molecule has 9 heteroatoms. The summed E-state index contributed by atoms with van der Waals surface area (Å²) in [4.78, 5) is 37.1. The molecule has 1 spiro atoms. The van der Waals surface area contributed by atoms with Gasteiger partial charge in [0, 0.05) is 13.1 Å². The van der Waals surface area contributed by atoms with Crippen molar-refractivity contribution in [2.24, 2.45) is 5.41 Å². The largest absolute Gasteiger partial charge is 0.330 e. The molecular formula is C12H19N3O5S. The Morgan fingerprint density at radius 2 is 1.86 bits per heavy atom. The van der Waals surface area contributed by atoms with E-state index in [1.165, 1.54) is 0 Å². The van der Waals surface area contributed by atoms with E-state index in [0.29, 0.717) is 12.8 Å². The lowest BCUT2D eigenvalue weighted by Crippen LogP contribution is -2.63. The Morgan fingerprint density at radius 3 is 2.43 bits per heavy atom. The number of carbonyl (C=O) groups excluding carboxylic acids is 3. The van der Waals surface area contributed by atoms with Crippen LogP contribution in [0.25, 0.3) is 0 Å². The van der Waals surface area contributed by atoms with Crippen molar-refractivity contribution in [2.75, 3.05) is 18.8 Å². The van der Waals surface area contributed by atoms with Crippen LogP contribution < -0.4 is 10.0 Å². The lowest BCUT2D eigenvalue weighted by Gasteiger charge is -2.36. The molecule has 2 rings (SSSR count). The van der Waals surface area contributed by atoms with E-state index in [1.54, 1.807) is 6.92 Å². The van der Waals surface area contributed by atoms with Crippen molar-refractivity contribution in [3.05, 3.63) is 0 Å². The summed E-state index contributed by atoms with van der Waals surface area (Å²) in [5.41, 5.74) is -1.18. The molecule has 2 N–H and O–H groups in total. The summed E-state index contributed by atoms with van der Waals surface area (Å²) in [6, 6.07) is -0.839. The van der Waals surface area contributed by atoms with Gasteiger partial charge in [-0.1, -0.05) is 19.8 Å². The Labute approximate surface area is 123 Å². The quantitative estimate of drug-likeness (QED) is 0.668. The van der Waals surface area contributed by atoms with Crippen molar-refractivity contribution >= 4 is 27.9 Å². The number of nitrogens with one attached hydrogen (secondary N) is 2. The second kappa shape index (κ2) is 5.72. The molecule has 0 unspecified atom stereocenters. The molecule has 0 atom stereocenters. The molecule has 0 radical (unpaired) electrons. The van der Waals surface area contributed by atoms with Crippen LogP contribution in [0.2, 0.25) is 0 Å². The van der Waals surface area contributed by atoms with Gasteiger partial charge in [0.25, 0.3) is 0 Å².